The first-order valence-electron chi connectivity index (χ1n) is 10.3. The molecule has 0 aliphatic carbocycles. The minimum absolute atomic E-state index is 0.367. The number of nitrogens with zero attached hydrogens (tertiary/aromatic N) is 7. The van der Waals surface area contributed by atoms with Gasteiger partial charge in [0.2, 0.25) is 5.95 Å². The maximum Gasteiger partial charge on any atom is 0.246 e. The van der Waals surface area contributed by atoms with Gasteiger partial charge in [-0.05, 0) is 12.8 Å². The molecule has 1 unspecified atom stereocenters. The fraction of sp³-hybridized carbons (Fsp3) is 0.381. The van der Waals surface area contributed by atoms with E-state index in [1.165, 1.54) is 12.8 Å². The third-order valence-corrected chi connectivity index (χ3v) is 6.64. The molecular weight excluding hydrogens is 396 g/mol. The SMILES string of the molecule is CCCCN1CCC1N(C)c1ncc(-c2ccc(-c3cn[nH]c3)c3ncsc23)nn1. The Morgan fingerprint density at radius 3 is 2.80 bits per heavy atom. The summed E-state index contributed by atoms with van der Waals surface area (Å²) in [7, 11) is 2.06. The molecule has 1 fully saturated rings. The highest BCUT2D eigenvalue weighted by atomic mass is 32.1. The van der Waals surface area contributed by atoms with Crippen LogP contribution in [0.25, 0.3) is 32.6 Å². The molecule has 0 amide bonds. The molecule has 8 nitrogen and oxygen atoms in total. The van der Waals surface area contributed by atoms with Gasteiger partial charge in [0.1, 0.15) is 5.69 Å². The molecule has 0 bridgehead atoms. The molecule has 9 heteroatoms. The standard InChI is InChI=1S/C21H24N8S/c1-3-4-8-29-9-7-18(29)28(2)21-22-12-17(26-27-21)16-6-5-15(14-10-24-25-11-14)19-20(16)30-13-23-19/h5-6,10-13,18H,3-4,7-9H2,1-2H3,(H,24,25). The summed E-state index contributed by atoms with van der Waals surface area (Å²) in [6.45, 7) is 4.50. The Morgan fingerprint density at radius 1 is 1.20 bits per heavy atom. The Hall–Kier alpha value is -2.91. The molecule has 3 aromatic heterocycles. The second-order valence-corrected chi connectivity index (χ2v) is 8.45. The van der Waals surface area contributed by atoms with Gasteiger partial charge in [-0.25, -0.2) is 9.97 Å². The molecule has 0 saturated carbocycles. The number of nitrogens with one attached hydrogen (secondary N) is 1. The molecule has 0 radical (unpaired) electrons. The molecule has 1 aromatic carbocycles. The van der Waals surface area contributed by atoms with Crippen LogP contribution >= 0.6 is 11.3 Å². The van der Waals surface area contributed by atoms with Gasteiger partial charge >= 0.3 is 0 Å². The molecule has 0 spiro atoms. The van der Waals surface area contributed by atoms with Crippen LogP contribution in [-0.2, 0) is 0 Å². The Kier molecular flexibility index (Phi) is 5.14. The van der Waals surface area contributed by atoms with E-state index in [2.05, 4.69) is 66.3 Å². The first-order chi connectivity index (χ1) is 14.8. The normalized spacial score (nSPS) is 16.7. The highest BCUT2D eigenvalue weighted by Gasteiger charge is 2.32. The fourth-order valence-corrected chi connectivity index (χ4v) is 4.80. The molecule has 1 aliphatic rings. The van der Waals surface area contributed by atoms with Crippen LogP contribution in [0.1, 0.15) is 26.2 Å². The first-order valence-corrected chi connectivity index (χ1v) is 11.2. The summed E-state index contributed by atoms with van der Waals surface area (Å²) in [6.07, 6.45) is 9.45. The zero-order valence-corrected chi connectivity index (χ0v) is 17.9. The number of aromatic nitrogens is 6. The summed E-state index contributed by atoms with van der Waals surface area (Å²) in [5, 5.41) is 15.9. The quantitative estimate of drug-likeness (QED) is 0.486. The summed E-state index contributed by atoms with van der Waals surface area (Å²) in [5.41, 5.74) is 6.65. The number of hydrogen-bond donors (Lipinski definition) is 1. The monoisotopic (exact) mass is 420 g/mol. The lowest BCUT2D eigenvalue weighted by atomic mass is 10.0. The van der Waals surface area contributed by atoms with Gasteiger partial charge in [0.05, 0.1) is 34.3 Å². The van der Waals surface area contributed by atoms with Gasteiger partial charge in [-0.2, -0.15) is 5.10 Å². The van der Waals surface area contributed by atoms with Crippen LogP contribution in [0.3, 0.4) is 0 Å². The van der Waals surface area contributed by atoms with E-state index in [1.807, 2.05) is 24.1 Å². The van der Waals surface area contributed by atoms with E-state index in [1.54, 1.807) is 11.3 Å². The summed E-state index contributed by atoms with van der Waals surface area (Å²) in [6, 6.07) is 4.13. The molecular formula is C21H24N8S. The smallest absolute Gasteiger partial charge is 0.246 e. The molecule has 4 heterocycles. The predicted molar refractivity (Wildman–Crippen MR) is 119 cm³/mol. The average Bonchev–Trinajstić information content (AvgIpc) is 3.45. The molecule has 4 aromatic rings. The van der Waals surface area contributed by atoms with Crippen LogP contribution in [-0.4, -0.2) is 61.6 Å². The number of H-pyrrole nitrogens is 1. The van der Waals surface area contributed by atoms with E-state index < -0.39 is 0 Å². The molecule has 1 aliphatic heterocycles. The second-order valence-electron chi connectivity index (χ2n) is 7.59. The molecule has 1 saturated heterocycles. The van der Waals surface area contributed by atoms with Crippen LogP contribution in [0, 0.1) is 0 Å². The average molecular weight is 421 g/mol. The third-order valence-electron chi connectivity index (χ3n) is 5.78. The maximum atomic E-state index is 4.63. The molecule has 1 N–H and O–H groups in total. The van der Waals surface area contributed by atoms with E-state index in [9.17, 15) is 0 Å². The lowest BCUT2D eigenvalue weighted by molar-refractivity contribution is 0.0884. The van der Waals surface area contributed by atoms with Crippen LogP contribution in [0.5, 0.6) is 0 Å². The molecule has 154 valence electrons. The van der Waals surface area contributed by atoms with Crippen molar-refractivity contribution in [2.24, 2.45) is 0 Å². The van der Waals surface area contributed by atoms with Crippen molar-refractivity contribution >= 4 is 27.5 Å². The van der Waals surface area contributed by atoms with Crippen LogP contribution in [0.15, 0.2) is 36.2 Å². The lowest BCUT2D eigenvalue weighted by Crippen LogP contribution is -2.57. The summed E-state index contributed by atoms with van der Waals surface area (Å²) in [5.74, 6) is 0.667. The minimum Gasteiger partial charge on any atom is -0.327 e. The van der Waals surface area contributed by atoms with Crippen LogP contribution in [0.4, 0.5) is 5.95 Å². The number of anilines is 1. The third kappa shape index (κ3) is 3.33. The van der Waals surface area contributed by atoms with Crippen molar-refractivity contribution in [3.63, 3.8) is 0 Å². The molecule has 5 rings (SSSR count). The van der Waals surface area contributed by atoms with Crippen molar-refractivity contribution in [1.82, 2.24) is 35.3 Å². The highest BCUT2D eigenvalue weighted by molar-refractivity contribution is 7.17. The number of fused-ring (bicyclic) bond motifs is 1. The Morgan fingerprint density at radius 2 is 2.10 bits per heavy atom. The van der Waals surface area contributed by atoms with E-state index in [0.29, 0.717) is 12.1 Å². The van der Waals surface area contributed by atoms with Gasteiger partial charge in [0.15, 0.2) is 0 Å². The topological polar surface area (TPSA) is 86.7 Å². The van der Waals surface area contributed by atoms with Gasteiger partial charge in [-0.1, -0.05) is 25.5 Å². The zero-order valence-electron chi connectivity index (χ0n) is 17.1. The Bertz CT molecular complexity index is 1120. The van der Waals surface area contributed by atoms with Crippen molar-refractivity contribution in [2.45, 2.75) is 32.4 Å². The minimum atomic E-state index is 0.367. The second kappa shape index (κ2) is 8.08. The zero-order chi connectivity index (χ0) is 20.5. The lowest BCUT2D eigenvalue weighted by Gasteiger charge is -2.45. The number of hydrogen-bond acceptors (Lipinski definition) is 8. The highest BCUT2D eigenvalue weighted by Crippen LogP contribution is 2.36. The van der Waals surface area contributed by atoms with Gasteiger partial charge in [0, 0.05) is 43.0 Å². The number of likely N-dealkylation sites (tertiary alicyclic amines) is 1. The van der Waals surface area contributed by atoms with Crippen molar-refractivity contribution in [2.75, 3.05) is 25.0 Å². The fourth-order valence-electron chi connectivity index (χ4n) is 3.96. The maximum absolute atomic E-state index is 4.63. The van der Waals surface area contributed by atoms with Gasteiger partial charge in [-0.15, -0.1) is 21.5 Å². The summed E-state index contributed by atoms with van der Waals surface area (Å²) < 4.78 is 1.08. The van der Waals surface area contributed by atoms with E-state index in [4.69, 9.17) is 0 Å². The van der Waals surface area contributed by atoms with Gasteiger partial charge < -0.3 is 4.90 Å². The number of rotatable bonds is 7. The number of benzene rings is 1. The van der Waals surface area contributed by atoms with Gasteiger partial charge in [-0.3, -0.25) is 10.00 Å². The van der Waals surface area contributed by atoms with E-state index in [-0.39, 0.29) is 0 Å². The van der Waals surface area contributed by atoms with Crippen molar-refractivity contribution in [3.8, 4) is 22.4 Å². The largest absolute Gasteiger partial charge is 0.327 e. The van der Waals surface area contributed by atoms with Crippen molar-refractivity contribution in [3.05, 3.63) is 36.2 Å². The van der Waals surface area contributed by atoms with E-state index in [0.717, 1.165) is 52.1 Å². The van der Waals surface area contributed by atoms with Crippen LogP contribution in [0.2, 0.25) is 0 Å². The summed E-state index contributed by atoms with van der Waals surface area (Å²) >= 11 is 1.60. The number of unbranched alkanes of at least 4 members (excludes halogenated alkanes) is 1. The Labute approximate surface area is 179 Å². The van der Waals surface area contributed by atoms with Crippen molar-refractivity contribution < 1.29 is 0 Å². The molecule has 30 heavy (non-hydrogen) atoms. The van der Waals surface area contributed by atoms with E-state index >= 15 is 0 Å². The van der Waals surface area contributed by atoms with Crippen molar-refractivity contribution in [1.29, 1.82) is 0 Å². The summed E-state index contributed by atoms with van der Waals surface area (Å²) in [4.78, 5) is 13.8. The van der Waals surface area contributed by atoms with Crippen LogP contribution < -0.4 is 4.90 Å². The number of aromatic amines is 1. The predicted octanol–water partition coefficient (Wildman–Crippen LogP) is 3.81. The first kappa shape index (κ1) is 19.1. The molecule has 1 atom stereocenters. The number of thiazole rings is 1. The Balaban J connectivity index is 1.40. The van der Waals surface area contributed by atoms with Gasteiger partial charge in [0.25, 0.3) is 0 Å².